The van der Waals surface area contributed by atoms with E-state index in [0.717, 1.165) is 43.4 Å². The normalized spacial score (nSPS) is 20.9. The molecule has 5 rings (SSSR count). The minimum Gasteiger partial charge on any atom is -0.497 e. The Balaban J connectivity index is 1.42. The number of thiophene rings is 1. The van der Waals surface area contributed by atoms with Crippen LogP contribution in [0.1, 0.15) is 47.7 Å². The summed E-state index contributed by atoms with van der Waals surface area (Å²) in [6.07, 6.45) is 4.90. The van der Waals surface area contributed by atoms with Gasteiger partial charge in [-0.05, 0) is 66.8 Å². The van der Waals surface area contributed by atoms with Crippen LogP contribution in [0.15, 0.2) is 35.7 Å². The lowest BCUT2D eigenvalue weighted by molar-refractivity contribution is -0.143. The highest BCUT2D eigenvalue weighted by molar-refractivity contribution is 7.10. The van der Waals surface area contributed by atoms with E-state index in [0.29, 0.717) is 6.54 Å². The van der Waals surface area contributed by atoms with Gasteiger partial charge in [-0.15, -0.1) is 11.3 Å². The van der Waals surface area contributed by atoms with Gasteiger partial charge in [-0.25, -0.2) is 0 Å². The molecule has 2 saturated carbocycles. The van der Waals surface area contributed by atoms with Crippen LogP contribution in [0, 0.1) is 5.92 Å². The predicted molar refractivity (Wildman–Crippen MR) is 112 cm³/mol. The molecule has 2 aromatic rings. The van der Waals surface area contributed by atoms with Crippen molar-refractivity contribution >= 4 is 23.2 Å². The van der Waals surface area contributed by atoms with Crippen LogP contribution in [0.3, 0.4) is 0 Å². The molecule has 1 atom stereocenters. The molecule has 2 heterocycles. The number of hydrogen-bond donors (Lipinski definition) is 0. The van der Waals surface area contributed by atoms with Gasteiger partial charge in [0.25, 0.3) is 0 Å². The van der Waals surface area contributed by atoms with Crippen LogP contribution in [0.4, 0.5) is 0 Å². The Hall–Kier alpha value is -2.34. The highest BCUT2D eigenvalue weighted by Gasteiger charge is 2.42. The number of hydrogen-bond acceptors (Lipinski definition) is 4. The van der Waals surface area contributed by atoms with Crippen molar-refractivity contribution in [3.05, 3.63) is 51.7 Å². The summed E-state index contributed by atoms with van der Waals surface area (Å²) in [6, 6.07) is 10.3. The molecule has 1 aliphatic heterocycles. The van der Waals surface area contributed by atoms with Crippen molar-refractivity contribution in [2.24, 2.45) is 5.92 Å². The second-order valence-corrected chi connectivity index (χ2v) is 9.28. The minimum absolute atomic E-state index is 0.0589. The Morgan fingerprint density at radius 1 is 1.14 bits per heavy atom. The van der Waals surface area contributed by atoms with Crippen LogP contribution in [0.2, 0.25) is 0 Å². The number of rotatable bonds is 6. The first-order valence-electron chi connectivity index (χ1n) is 10.5. The van der Waals surface area contributed by atoms with E-state index in [2.05, 4.69) is 11.4 Å². The first kappa shape index (κ1) is 18.7. The molecular formula is C23H26N2O3S. The topological polar surface area (TPSA) is 49.9 Å². The molecule has 2 fully saturated rings. The summed E-state index contributed by atoms with van der Waals surface area (Å²) in [5, 5.41) is 2.11. The zero-order valence-corrected chi connectivity index (χ0v) is 17.5. The summed E-state index contributed by atoms with van der Waals surface area (Å²) in [6.45, 7) is 0.908. The summed E-state index contributed by atoms with van der Waals surface area (Å²) in [4.78, 5) is 31.4. The number of nitrogens with zero attached hydrogens (tertiary/aromatic N) is 2. The molecule has 2 amide bonds. The second-order valence-electron chi connectivity index (χ2n) is 8.28. The van der Waals surface area contributed by atoms with E-state index < -0.39 is 0 Å². The Kier molecular flexibility index (Phi) is 4.82. The molecule has 3 aliphatic rings. The summed E-state index contributed by atoms with van der Waals surface area (Å²) in [5.74, 6) is 1.21. The van der Waals surface area contributed by atoms with Crippen LogP contribution >= 0.6 is 11.3 Å². The van der Waals surface area contributed by atoms with Crippen LogP contribution < -0.4 is 4.74 Å². The zero-order chi connectivity index (χ0) is 20.0. The van der Waals surface area contributed by atoms with E-state index in [1.54, 1.807) is 18.4 Å². The highest BCUT2D eigenvalue weighted by Crippen LogP contribution is 2.39. The van der Waals surface area contributed by atoms with Crippen molar-refractivity contribution in [3.8, 4) is 5.75 Å². The van der Waals surface area contributed by atoms with Gasteiger partial charge in [0.15, 0.2) is 0 Å². The van der Waals surface area contributed by atoms with E-state index in [1.807, 2.05) is 34.1 Å². The molecule has 1 aromatic heterocycles. The molecule has 29 heavy (non-hydrogen) atoms. The van der Waals surface area contributed by atoms with Gasteiger partial charge < -0.3 is 14.5 Å². The number of methoxy groups -OCH3 is 1. The lowest BCUT2D eigenvalue weighted by Crippen LogP contribution is -2.47. The lowest BCUT2D eigenvalue weighted by Gasteiger charge is -2.37. The standard InChI is InChI=1S/C23H26N2O3S/c1-28-18-8-4-15(5-9-18)22-19-11-13-29-20(19)10-12-24(22)21(26)14-25(17-6-7-17)23(27)16-2-3-16/h4-5,8-9,11,13,16-17,22H,2-3,6-7,10,12,14H2,1H3/t22-/m0/s1. The molecule has 0 bridgehead atoms. The van der Waals surface area contributed by atoms with Crippen molar-refractivity contribution in [3.63, 3.8) is 0 Å². The van der Waals surface area contributed by atoms with Gasteiger partial charge in [-0.2, -0.15) is 0 Å². The van der Waals surface area contributed by atoms with E-state index in [4.69, 9.17) is 4.74 Å². The number of amides is 2. The van der Waals surface area contributed by atoms with Gasteiger partial charge in [0, 0.05) is 23.4 Å². The highest BCUT2D eigenvalue weighted by atomic mass is 32.1. The van der Waals surface area contributed by atoms with Crippen molar-refractivity contribution < 1.29 is 14.3 Å². The lowest BCUT2D eigenvalue weighted by atomic mass is 9.93. The molecular weight excluding hydrogens is 384 g/mol. The van der Waals surface area contributed by atoms with Crippen LogP contribution in [-0.4, -0.2) is 47.9 Å². The van der Waals surface area contributed by atoms with Gasteiger partial charge in [-0.3, -0.25) is 9.59 Å². The molecule has 2 aliphatic carbocycles. The smallest absolute Gasteiger partial charge is 0.243 e. The van der Waals surface area contributed by atoms with E-state index in [-0.39, 0.29) is 36.4 Å². The predicted octanol–water partition coefficient (Wildman–Crippen LogP) is 3.63. The van der Waals surface area contributed by atoms with E-state index in [1.165, 1.54) is 10.4 Å². The van der Waals surface area contributed by atoms with Crippen molar-refractivity contribution in [2.45, 2.75) is 44.2 Å². The van der Waals surface area contributed by atoms with Crippen LogP contribution in [-0.2, 0) is 16.0 Å². The molecule has 6 heteroatoms. The van der Waals surface area contributed by atoms with Crippen molar-refractivity contribution in [1.82, 2.24) is 9.80 Å². The van der Waals surface area contributed by atoms with Gasteiger partial charge in [-0.1, -0.05) is 12.1 Å². The zero-order valence-electron chi connectivity index (χ0n) is 16.7. The molecule has 0 radical (unpaired) electrons. The molecule has 0 saturated heterocycles. The monoisotopic (exact) mass is 410 g/mol. The molecule has 0 spiro atoms. The van der Waals surface area contributed by atoms with Crippen molar-refractivity contribution in [1.29, 1.82) is 0 Å². The average molecular weight is 411 g/mol. The fourth-order valence-electron chi connectivity index (χ4n) is 4.31. The van der Waals surface area contributed by atoms with Gasteiger partial charge >= 0.3 is 0 Å². The number of fused-ring (bicyclic) bond motifs is 1. The Morgan fingerprint density at radius 3 is 2.55 bits per heavy atom. The fraction of sp³-hybridized carbons (Fsp3) is 0.478. The summed E-state index contributed by atoms with van der Waals surface area (Å²) < 4.78 is 5.30. The Bertz CT molecular complexity index is 914. The van der Waals surface area contributed by atoms with Gasteiger partial charge in [0.05, 0.1) is 13.2 Å². The third-order valence-corrected chi connectivity index (χ3v) is 7.22. The first-order valence-corrected chi connectivity index (χ1v) is 11.3. The number of benzene rings is 1. The van der Waals surface area contributed by atoms with Crippen molar-refractivity contribution in [2.75, 3.05) is 20.2 Å². The number of carbonyl (C=O) groups excluding carboxylic acids is 2. The Morgan fingerprint density at radius 2 is 1.90 bits per heavy atom. The largest absolute Gasteiger partial charge is 0.497 e. The van der Waals surface area contributed by atoms with Crippen LogP contribution in [0.25, 0.3) is 0 Å². The first-order chi connectivity index (χ1) is 14.2. The number of carbonyl (C=O) groups is 2. The molecule has 1 aromatic carbocycles. The number of ether oxygens (including phenoxy) is 1. The minimum atomic E-state index is -0.0968. The maximum atomic E-state index is 13.4. The maximum Gasteiger partial charge on any atom is 0.243 e. The second kappa shape index (κ2) is 7.48. The SMILES string of the molecule is COc1ccc([C@H]2c3ccsc3CCN2C(=O)CN(C(=O)C2CC2)C2CC2)cc1. The van der Waals surface area contributed by atoms with Gasteiger partial charge in [0.2, 0.25) is 11.8 Å². The summed E-state index contributed by atoms with van der Waals surface area (Å²) >= 11 is 1.76. The summed E-state index contributed by atoms with van der Waals surface area (Å²) in [5.41, 5.74) is 2.30. The quantitative estimate of drug-likeness (QED) is 0.731. The molecule has 0 unspecified atom stereocenters. The van der Waals surface area contributed by atoms with Gasteiger partial charge in [0.1, 0.15) is 12.3 Å². The molecule has 152 valence electrons. The van der Waals surface area contributed by atoms with E-state index in [9.17, 15) is 9.59 Å². The molecule has 5 nitrogen and oxygen atoms in total. The third-order valence-electron chi connectivity index (χ3n) is 6.22. The maximum absolute atomic E-state index is 13.4. The average Bonchev–Trinajstić information content (AvgIpc) is 3.68. The fourth-order valence-corrected chi connectivity index (χ4v) is 5.21. The third kappa shape index (κ3) is 3.66. The van der Waals surface area contributed by atoms with Crippen LogP contribution in [0.5, 0.6) is 5.75 Å². The summed E-state index contributed by atoms with van der Waals surface area (Å²) in [7, 11) is 1.66. The van der Waals surface area contributed by atoms with E-state index >= 15 is 0 Å². The Labute approximate surface area is 175 Å². The molecule has 0 N–H and O–H groups in total.